The second-order valence-electron chi connectivity index (χ2n) is 3.71. The van der Waals surface area contributed by atoms with Gasteiger partial charge in [0.2, 0.25) is 5.91 Å². The lowest BCUT2D eigenvalue weighted by atomic mass is 9.88. The molecule has 12 heavy (non-hydrogen) atoms. The topological polar surface area (TPSA) is 29.1 Å². The van der Waals surface area contributed by atoms with Gasteiger partial charge in [-0.05, 0) is 12.8 Å². The van der Waals surface area contributed by atoms with E-state index < -0.39 is 0 Å². The summed E-state index contributed by atoms with van der Waals surface area (Å²) in [5.74, 6) is 0.683. The number of carbonyl (C=O) groups excluding carboxylic acids is 1. The Morgan fingerprint density at radius 1 is 1.50 bits per heavy atom. The number of hydrogen-bond acceptors (Lipinski definition) is 1. The number of hydrogen-bond donors (Lipinski definition) is 1. The van der Waals surface area contributed by atoms with Crippen LogP contribution in [-0.4, -0.2) is 18.3 Å². The Morgan fingerprint density at radius 2 is 2.08 bits per heavy atom. The van der Waals surface area contributed by atoms with Crippen molar-refractivity contribution in [3.05, 3.63) is 0 Å². The third-order valence-corrected chi connectivity index (χ3v) is 2.82. The average Bonchev–Trinajstić information content (AvgIpc) is 2.49. The van der Waals surface area contributed by atoms with E-state index in [0.29, 0.717) is 12.4 Å². The van der Waals surface area contributed by atoms with Crippen molar-refractivity contribution < 1.29 is 4.79 Å². The number of alkyl halides is 1. The summed E-state index contributed by atoms with van der Waals surface area (Å²) in [4.78, 5) is 11.6. The monoisotopic (exact) mass is 189 g/mol. The smallest absolute Gasteiger partial charge is 0.225 e. The fourth-order valence-electron chi connectivity index (χ4n) is 1.76. The predicted octanol–water partition coefficient (Wildman–Crippen LogP) is 1.92. The first-order chi connectivity index (χ1) is 5.69. The van der Waals surface area contributed by atoms with Crippen LogP contribution in [0.1, 0.15) is 32.6 Å². The van der Waals surface area contributed by atoms with Gasteiger partial charge in [-0.25, -0.2) is 0 Å². The Labute approximate surface area is 78.7 Å². The van der Waals surface area contributed by atoms with Gasteiger partial charge < -0.3 is 5.32 Å². The molecule has 0 radical (unpaired) electrons. The summed E-state index contributed by atoms with van der Waals surface area (Å²) in [5.41, 5.74) is -0.105. The zero-order chi connectivity index (χ0) is 9.03. The van der Waals surface area contributed by atoms with Crippen LogP contribution >= 0.6 is 11.6 Å². The number of nitrogens with one attached hydrogen (secondary N) is 1. The van der Waals surface area contributed by atoms with Crippen LogP contribution in [-0.2, 0) is 4.79 Å². The number of amides is 1. The second kappa shape index (κ2) is 4.13. The normalized spacial score (nSPS) is 20.8. The molecule has 0 bridgehead atoms. The lowest BCUT2D eigenvalue weighted by molar-refractivity contribution is -0.129. The summed E-state index contributed by atoms with van der Waals surface area (Å²) in [5, 5.41) is 2.84. The van der Waals surface area contributed by atoms with Crippen molar-refractivity contribution in [1.29, 1.82) is 0 Å². The van der Waals surface area contributed by atoms with Crippen molar-refractivity contribution in [3.63, 3.8) is 0 Å². The molecule has 1 amide bonds. The molecule has 0 aromatic carbocycles. The Kier molecular flexibility index (Phi) is 3.39. The fourth-order valence-corrected chi connectivity index (χ4v) is 1.85. The first-order valence-corrected chi connectivity index (χ1v) is 5.07. The van der Waals surface area contributed by atoms with Crippen LogP contribution in [0.5, 0.6) is 0 Å². The lowest BCUT2D eigenvalue weighted by Crippen LogP contribution is -2.37. The summed E-state index contributed by atoms with van der Waals surface area (Å²) in [6.07, 6.45) is 4.43. The van der Waals surface area contributed by atoms with Crippen LogP contribution in [0.3, 0.4) is 0 Å². The van der Waals surface area contributed by atoms with Crippen molar-refractivity contribution in [1.82, 2.24) is 5.32 Å². The third-order valence-electron chi connectivity index (χ3n) is 2.64. The largest absolute Gasteiger partial charge is 0.354 e. The summed E-state index contributed by atoms with van der Waals surface area (Å²) in [6, 6.07) is 0. The van der Waals surface area contributed by atoms with Gasteiger partial charge in [-0.15, -0.1) is 11.6 Å². The molecule has 70 valence electrons. The minimum Gasteiger partial charge on any atom is -0.354 e. The molecule has 2 nitrogen and oxygen atoms in total. The van der Waals surface area contributed by atoms with E-state index in [9.17, 15) is 4.79 Å². The van der Waals surface area contributed by atoms with Crippen LogP contribution in [0.15, 0.2) is 0 Å². The zero-order valence-corrected chi connectivity index (χ0v) is 8.28. The van der Waals surface area contributed by atoms with Crippen molar-refractivity contribution in [2.75, 3.05) is 12.4 Å². The zero-order valence-electron chi connectivity index (χ0n) is 7.53. The quantitative estimate of drug-likeness (QED) is 0.676. The summed E-state index contributed by atoms with van der Waals surface area (Å²) < 4.78 is 0. The van der Waals surface area contributed by atoms with Gasteiger partial charge in [0.25, 0.3) is 0 Å². The van der Waals surface area contributed by atoms with Gasteiger partial charge in [-0.1, -0.05) is 19.8 Å². The van der Waals surface area contributed by atoms with Crippen LogP contribution in [0, 0.1) is 5.41 Å². The van der Waals surface area contributed by atoms with E-state index in [1.165, 1.54) is 12.8 Å². The molecule has 0 spiro atoms. The minimum absolute atomic E-state index is 0.105. The molecular weight excluding hydrogens is 174 g/mol. The summed E-state index contributed by atoms with van der Waals surface area (Å²) in [7, 11) is 0. The highest BCUT2D eigenvalue weighted by molar-refractivity contribution is 6.18. The molecule has 1 rings (SSSR count). The van der Waals surface area contributed by atoms with Gasteiger partial charge in [0.1, 0.15) is 0 Å². The van der Waals surface area contributed by atoms with Crippen LogP contribution in [0.25, 0.3) is 0 Å². The SMILES string of the molecule is CC1(C(=O)NCCCl)CCCC1. The molecule has 1 aliphatic carbocycles. The van der Waals surface area contributed by atoms with Crippen molar-refractivity contribution in [2.45, 2.75) is 32.6 Å². The molecule has 0 saturated heterocycles. The highest BCUT2D eigenvalue weighted by Gasteiger charge is 2.35. The number of rotatable bonds is 3. The first kappa shape index (κ1) is 9.85. The Bertz CT molecular complexity index is 164. The van der Waals surface area contributed by atoms with Crippen molar-refractivity contribution >= 4 is 17.5 Å². The van der Waals surface area contributed by atoms with Gasteiger partial charge in [0.15, 0.2) is 0 Å². The van der Waals surface area contributed by atoms with Crippen LogP contribution < -0.4 is 5.32 Å². The van der Waals surface area contributed by atoms with Crippen molar-refractivity contribution in [3.8, 4) is 0 Å². The fraction of sp³-hybridized carbons (Fsp3) is 0.889. The maximum absolute atomic E-state index is 11.6. The molecule has 3 heteroatoms. The van der Waals surface area contributed by atoms with E-state index in [4.69, 9.17) is 11.6 Å². The maximum atomic E-state index is 11.6. The Morgan fingerprint density at radius 3 is 2.58 bits per heavy atom. The van der Waals surface area contributed by atoms with Crippen LogP contribution in [0.4, 0.5) is 0 Å². The molecule has 1 fully saturated rings. The van der Waals surface area contributed by atoms with E-state index in [0.717, 1.165) is 12.8 Å². The predicted molar refractivity (Wildman–Crippen MR) is 50.3 cm³/mol. The van der Waals surface area contributed by atoms with E-state index in [-0.39, 0.29) is 11.3 Å². The molecule has 0 aromatic rings. The van der Waals surface area contributed by atoms with Gasteiger partial charge in [0.05, 0.1) is 0 Å². The van der Waals surface area contributed by atoms with E-state index >= 15 is 0 Å². The highest BCUT2D eigenvalue weighted by atomic mass is 35.5. The first-order valence-electron chi connectivity index (χ1n) is 4.53. The van der Waals surface area contributed by atoms with Gasteiger partial charge in [-0.3, -0.25) is 4.79 Å². The third kappa shape index (κ3) is 2.13. The minimum atomic E-state index is -0.105. The number of carbonyl (C=O) groups is 1. The molecule has 1 saturated carbocycles. The standard InChI is InChI=1S/C9H16ClNO/c1-9(4-2-3-5-9)8(12)11-7-6-10/h2-7H2,1H3,(H,11,12). The molecule has 0 unspecified atom stereocenters. The molecule has 1 N–H and O–H groups in total. The van der Waals surface area contributed by atoms with Gasteiger partial charge in [0, 0.05) is 17.8 Å². The maximum Gasteiger partial charge on any atom is 0.225 e. The molecule has 0 aliphatic heterocycles. The second-order valence-corrected chi connectivity index (χ2v) is 4.09. The lowest BCUT2D eigenvalue weighted by Gasteiger charge is -2.21. The van der Waals surface area contributed by atoms with Gasteiger partial charge in [-0.2, -0.15) is 0 Å². The van der Waals surface area contributed by atoms with E-state index in [1.54, 1.807) is 0 Å². The Balaban J connectivity index is 2.39. The molecule has 0 atom stereocenters. The molecular formula is C9H16ClNO. The number of halogens is 1. The molecule has 0 heterocycles. The summed E-state index contributed by atoms with van der Waals surface area (Å²) >= 11 is 5.48. The highest BCUT2D eigenvalue weighted by Crippen LogP contribution is 2.37. The van der Waals surface area contributed by atoms with Crippen LogP contribution in [0.2, 0.25) is 0 Å². The van der Waals surface area contributed by atoms with Gasteiger partial charge >= 0.3 is 0 Å². The van der Waals surface area contributed by atoms with E-state index in [1.807, 2.05) is 6.92 Å². The van der Waals surface area contributed by atoms with E-state index in [2.05, 4.69) is 5.32 Å². The Hall–Kier alpha value is -0.240. The summed E-state index contributed by atoms with van der Waals surface area (Å²) in [6.45, 7) is 2.64. The van der Waals surface area contributed by atoms with Crippen molar-refractivity contribution in [2.24, 2.45) is 5.41 Å². The average molecular weight is 190 g/mol. The molecule has 1 aliphatic rings. The molecule has 0 aromatic heterocycles.